The number of hydrogen-bond donors (Lipinski definition) is 1. The fourth-order valence-electron chi connectivity index (χ4n) is 3.09. The van der Waals surface area contributed by atoms with Gasteiger partial charge < -0.3 is 10.5 Å². The average molecular weight is 261 g/mol. The summed E-state index contributed by atoms with van der Waals surface area (Å²) in [5.74, 6) is 1.70. The van der Waals surface area contributed by atoms with Gasteiger partial charge in [-0.15, -0.1) is 0 Å². The second-order valence-corrected chi connectivity index (χ2v) is 5.94. The smallest absolute Gasteiger partial charge is 0.124 e. The zero-order chi connectivity index (χ0) is 13.8. The number of hydrogen-bond acceptors (Lipinski definition) is 2. The van der Waals surface area contributed by atoms with Crippen molar-refractivity contribution in [2.75, 3.05) is 0 Å². The fraction of sp³-hybridized carbons (Fsp3) is 0.647. The highest BCUT2D eigenvalue weighted by atomic mass is 16.5. The molecule has 0 spiro atoms. The molecule has 2 nitrogen and oxygen atoms in total. The van der Waals surface area contributed by atoms with Crippen LogP contribution in [0.2, 0.25) is 0 Å². The van der Waals surface area contributed by atoms with Gasteiger partial charge in [0, 0.05) is 11.6 Å². The van der Waals surface area contributed by atoms with Crippen molar-refractivity contribution >= 4 is 0 Å². The van der Waals surface area contributed by atoms with E-state index in [1.807, 2.05) is 6.92 Å². The van der Waals surface area contributed by atoms with E-state index in [4.69, 9.17) is 10.5 Å². The van der Waals surface area contributed by atoms with E-state index in [1.165, 1.54) is 37.7 Å². The molecule has 0 amide bonds. The Morgan fingerprint density at radius 3 is 2.74 bits per heavy atom. The van der Waals surface area contributed by atoms with Crippen LogP contribution in [0.1, 0.15) is 63.1 Å². The molecule has 0 bridgehead atoms. The summed E-state index contributed by atoms with van der Waals surface area (Å²) in [5.41, 5.74) is 8.46. The van der Waals surface area contributed by atoms with Gasteiger partial charge in [0.05, 0.1) is 0 Å². The molecule has 0 saturated heterocycles. The molecule has 1 saturated carbocycles. The van der Waals surface area contributed by atoms with Gasteiger partial charge in [0.1, 0.15) is 11.9 Å². The molecule has 3 atom stereocenters. The first-order chi connectivity index (χ1) is 9.11. The molecule has 19 heavy (non-hydrogen) atoms. The lowest BCUT2D eigenvalue weighted by molar-refractivity contribution is 0.0891. The van der Waals surface area contributed by atoms with Crippen LogP contribution in [0.15, 0.2) is 18.2 Å². The summed E-state index contributed by atoms with van der Waals surface area (Å²) in [6.07, 6.45) is 6.72. The fourth-order valence-corrected chi connectivity index (χ4v) is 3.09. The van der Waals surface area contributed by atoms with Crippen LogP contribution in [0.5, 0.6) is 5.75 Å². The number of benzene rings is 1. The van der Waals surface area contributed by atoms with Crippen molar-refractivity contribution in [1.82, 2.24) is 0 Å². The van der Waals surface area contributed by atoms with Gasteiger partial charge >= 0.3 is 0 Å². The Morgan fingerprint density at radius 2 is 2.05 bits per heavy atom. The van der Waals surface area contributed by atoms with E-state index < -0.39 is 0 Å². The van der Waals surface area contributed by atoms with Gasteiger partial charge in [-0.1, -0.05) is 31.0 Å². The van der Waals surface area contributed by atoms with Crippen molar-refractivity contribution in [2.24, 2.45) is 11.7 Å². The zero-order valence-electron chi connectivity index (χ0n) is 12.5. The van der Waals surface area contributed by atoms with Crippen molar-refractivity contribution in [3.63, 3.8) is 0 Å². The lowest BCUT2D eigenvalue weighted by atomic mass is 9.84. The van der Waals surface area contributed by atoms with Crippen molar-refractivity contribution < 1.29 is 4.74 Å². The molecule has 0 radical (unpaired) electrons. The SMILES string of the molecule is CCC1CCCCC1Oc1ccc(C)cc1C(C)N. The molecule has 2 N–H and O–H groups in total. The summed E-state index contributed by atoms with van der Waals surface area (Å²) < 4.78 is 6.33. The Labute approximate surface area is 117 Å². The molecule has 1 aliphatic carbocycles. The van der Waals surface area contributed by atoms with Crippen molar-refractivity contribution in [2.45, 2.75) is 65.0 Å². The summed E-state index contributed by atoms with van der Waals surface area (Å²) >= 11 is 0. The monoisotopic (exact) mass is 261 g/mol. The first kappa shape index (κ1) is 14.4. The highest BCUT2D eigenvalue weighted by Crippen LogP contribution is 2.33. The molecule has 1 fully saturated rings. The molecule has 1 aliphatic rings. The molecule has 106 valence electrons. The van der Waals surface area contributed by atoms with Crippen LogP contribution >= 0.6 is 0 Å². The minimum absolute atomic E-state index is 0.0265. The third kappa shape index (κ3) is 3.50. The quantitative estimate of drug-likeness (QED) is 0.874. The maximum Gasteiger partial charge on any atom is 0.124 e. The summed E-state index contributed by atoms with van der Waals surface area (Å²) in [6.45, 7) is 6.40. The standard InChI is InChI=1S/C17H27NO/c1-4-14-7-5-6-8-16(14)19-17-10-9-12(2)11-15(17)13(3)18/h9-11,13-14,16H,4-8,18H2,1-3H3. The van der Waals surface area contributed by atoms with Crippen LogP contribution in [0.4, 0.5) is 0 Å². The Kier molecular flexibility index (Phi) is 4.87. The molecular formula is C17H27NO. The van der Waals surface area contributed by atoms with E-state index >= 15 is 0 Å². The van der Waals surface area contributed by atoms with Gasteiger partial charge in [-0.3, -0.25) is 0 Å². The normalized spacial score (nSPS) is 25.1. The molecule has 2 heteroatoms. The van der Waals surface area contributed by atoms with Crippen molar-refractivity contribution in [3.05, 3.63) is 29.3 Å². The van der Waals surface area contributed by atoms with Gasteiger partial charge in [0.15, 0.2) is 0 Å². The molecule has 3 unspecified atom stereocenters. The van der Waals surface area contributed by atoms with Crippen molar-refractivity contribution in [1.29, 1.82) is 0 Å². The van der Waals surface area contributed by atoms with E-state index in [0.29, 0.717) is 12.0 Å². The van der Waals surface area contributed by atoms with E-state index in [9.17, 15) is 0 Å². The van der Waals surface area contributed by atoms with Gasteiger partial charge in [-0.25, -0.2) is 0 Å². The summed E-state index contributed by atoms with van der Waals surface area (Å²) in [6, 6.07) is 6.39. The first-order valence-corrected chi connectivity index (χ1v) is 7.64. The molecular weight excluding hydrogens is 234 g/mol. The number of nitrogens with two attached hydrogens (primary N) is 1. The predicted octanol–water partition coefficient (Wildman–Crippen LogP) is 4.36. The van der Waals surface area contributed by atoms with Gasteiger partial charge in [-0.2, -0.15) is 0 Å². The molecule has 1 aromatic carbocycles. The largest absolute Gasteiger partial charge is 0.490 e. The topological polar surface area (TPSA) is 35.2 Å². The van der Waals surface area contributed by atoms with Crippen LogP contribution in [-0.4, -0.2) is 6.10 Å². The molecule has 1 aromatic rings. The minimum Gasteiger partial charge on any atom is -0.490 e. The lowest BCUT2D eigenvalue weighted by Crippen LogP contribution is -2.30. The number of ether oxygens (including phenoxy) is 1. The van der Waals surface area contributed by atoms with Crippen molar-refractivity contribution in [3.8, 4) is 5.75 Å². The van der Waals surface area contributed by atoms with Crippen LogP contribution in [0.3, 0.4) is 0 Å². The average Bonchev–Trinajstić information content (AvgIpc) is 2.41. The highest BCUT2D eigenvalue weighted by Gasteiger charge is 2.26. The summed E-state index contributed by atoms with van der Waals surface area (Å²) in [5, 5.41) is 0. The Morgan fingerprint density at radius 1 is 1.32 bits per heavy atom. The highest BCUT2D eigenvalue weighted by molar-refractivity contribution is 5.39. The van der Waals surface area contributed by atoms with E-state index in [1.54, 1.807) is 0 Å². The second-order valence-electron chi connectivity index (χ2n) is 5.94. The molecule has 2 rings (SSSR count). The third-order valence-corrected chi connectivity index (χ3v) is 4.30. The summed E-state index contributed by atoms with van der Waals surface area (Å²) in [4.78, 5) is 0. The van der Waals surface area contributed by atoms with Crippen LogP contribution < -0.4 is 10.5 Å². The minimum atomic E-state index is 0.0265. The van der Waals surface area contributed by atoms with E-state index in [0.717, 1.165) is 11.3 Å². The third-order valence-electron chi connectivity index (χ3n) is 4.30. The Hall–Kier alpha value is -1.02. The first-order valence-electron chi connectivity index (χ1n) is 7.64. The second kappa shape index (κ2) is 6.42. The van der Waals surface area contributed by atoms with E-state index in [2.05, 4.69) is 32.0 Å². The van der Waals surface area contributed by atoms with Crippen LogP contribution in [0.25, 0.3) is 0 Å². The molecule has 0 aromatic heterocycles. The zero-order valence-corrected chi connectivity index (χ0v) is 12.5. The van der Waals surface area contributed by atoms with Crippen LogP contribution in [-0.2, 0) is 0 Å². The Balaban J connectivity index is 2.17. The van der Waals surface area contributed by atoms with Gasteiger partial charge in [-0.05, 0) is 51.5 Å². The lowest BCUT2D eigenvalue weighted by Gasteiger charge is -2.32. The predicted molar refractivity (Wildman–Crippen MR) is 80.4 cm³/mol. The maximum atomic E-state index is 6.33. The van der Waals surface area contributed by atoms with Gasteiger partial charge in [0.2, 0.25) is 0 Å². The van der Waals surface area contributed by atoms with E-state index in [-0.39, 0.29) is 6.04 Å². The Bertz CT molecular complexity index is 414. The number of rotatable bonds is 4. The summed E-state index contributed by atoms with van der Waals surface area (Å²) in [7, 11) is 0. The number of aryl methyl sites for hydroxylation is 1. The molecule has 0 aliphatic heterocycles. The van der Waals surface area contributed by atoms with Crippen LogP contribution in [0, 0.1) is 12.8 Å². The molecule has 0 heterocycles. The maximum absolute atomic E-state index is 6.33. The van der Waals surface area contributed by atoms with Gasteiger partial charge in [0.25, 0.3) is 0 Å².